The van der Waals surface area contributed by atoms with Crippen molar-refractivity contribution in [1.29, 1.82) is 0 Å². The fourth-order valence-electron chi connectivity index (χ4n) is 3.20. The normalized spacial score (nSPS) is 13.4. The van der Waals surface area contributed by atoms with E-state index in [9.17, 15) is 0 Å². The Morgan fingerprint density at radius 2 is 1.61 bits per heavy atom. The molecule has 0 spiro atoms. The van der Waals surface area contributed by atoms with Crippen LogP contribution in [0.25, 0.3) is 0 Å². The standard InChI is InChI=1S/C19H23NO3/c1-21-17-12-19(23-3)18(22-2)11-15(17)13-20-10-6-8-14-7-4-5-9-16(14)20/h4-5,7,9,11-12H,6,8,10,13H2,1-3H3. The van der Waals surface area contributed by atoms with Crippen molar-refractivity contribution >= 4 is 5.69 Å². The average Bonchev–Trinajstić information content (AvgIpc) is 2.61. The van der Waals surface area contributed by atoms with Gasteiger partial charge in [0.25, 0.3) is 0 Å². The highest BCUT2D eigenvalue weighted by molar-refractivity contribution is 5.58. The van der Waals surface area contributed by atoms with Crippen LogP contribution in [0.15, 0.2) is 36.4 Å². The van der Waals surface area contributed by atoms with Crippen LogP contribution in [0, 0.1) is 0 Å². The van der Waals surface area contributed by atoms with Gasteiger partial charge in [-0.1, -0.05) is 18.2 Å². The molecule has 0 N–H and O–H groups in total. The number of benzene rings is 2. The van der Waals surface area contributed by atoms with Gasteiger partial charge in [-0.3, -0.25) is 0 Å². The lowest BCUT2D eigenvalue weighted by Gasteiger charge is -2.32. The van der Waals surface area contributed by atoms with Gasteiger partial charge >= 0.3 is 0 Å². The summed E-state index contributed by atoms with van der Waals surface area (Å²) in [6.07, 6.45) is 2.32. The van der Waals surface area contributed by atoms with E-state index in [0.717, 1.165) is 36.6 Å². The van der Waals surface area contributed by atoms with Crippen molar-refractivity contribution in [3.05, 3.63) is 47.5 Å². The summed E-state index contributed by atoms with van der Waals surface area (Å²) in [5.41, 5.74) is 3.83. The molecule has 1 aliphatic heterocycles. The van der Waals surface area contributed by atoms with Crippen molar-refractivity contribution < 1.29 is 14.2 Å². The highest BCUT2D eigenvalue weighted by Crippen LogP contribution is 2.37. The second-order valence-corrected chi connectivity index (χ2v) is 5.67. The number of rotatable bonds is 5. The van der Waals surface area contributed by atoms with E-state index in [1.807, 2.05) is 12.1 Å². The maximum Gasteiger partial charge on any atom is 0.164 e. The van der Waals surface area contributed by atoms with Crippen LogP contribution in [0.5, 0.6) is 17.2 Å². The van der Waals surface area contributed by atoms with E-state index in [2.05, 4.69) is 29.2 Å². The monoisotopic (exact) mass is 313 g/mol. The molecular formula is C19H23NO3. The predicted octanol–water partition coefficient (Wildman–Crippen LogP) is 3.67. The summed E-state index contributed by atoms with van der Waals surface area (Å²) in [6.45, 7) is 1.84. The molecule has 2 aromatic rings. The fourth-order valence-corrected chi connectivity index (χ4v) is 3.20. The number of nitrogens with zero attached hydrogens (tertiary/aromatic N) is 1. The SMILES string of the molecule is COc1cc(OC)c(OC)cc1CN1CCCc2ccccc21. The zero-order valence-electron chi connectivity index (χ0n) is 14.0. The number of aryl methyl sites for hydroxylation is 1. The van der Waals surface area contributed by atoms with Gasteiger partial charge < -0.3 is 19.1 Å². The van der Waals surface area contributed by atoms with Crippen LogP contribution in [-0.4, -0.2) is 27.9 Å². The molecule has 1 heterocycles. The summed E-state index contributed by atoms with van der Waals surface area (Å²) >= 11 is 0. The first-order valence-electron chi connectivity index (χ1n) is 7.88. The Morgan fingerprint density at radius 1 is 0.913 bits per heavy atom. The largest absolute Gasteiger partial charge is 0.496 e. The topological polar surface area (TPSA) is 30.9 Å². The number of anilines is 1. The van der Waals surface area contributed by atoms with Crippen LogP contribution in [0.2, 0.25) is 0 Å². The van der Waals surface area contributed by atoms with E-state index in [4.69, 9.17) is 14.2 Å². The maximum atomic E-state index is 5.55. The predicted molar refractivity (Wildman–Crippen MR) is 91.9 cm³/mol. The van der Waals surface area contributed by atoms with Gasteiger partial charge in [0, 0.05) is 30.4 Å². The van der Waals surface area contributed by atoms with E-state index in [0.29, 0.717) is 5.75 Å². The van der Waals surface area contributed by atoms with Gasteiger partial charge in [-0.2, -0.15) is 0 Å². The van der Waals surface area contributed by atoms with E-state index in [1.54, 1.807) is 21.3 Å². The first-order chi connectivity index (χ1) is 11.3. The van der Waals surface area contributed by atoms with Crippen LogP contribution in [0.1, 0.15) is 17.5 Å². The van der Waals surface area contributed by atoms with Crippen LogP contribution in [0.3, 0.4) is 0 Å². The van der Waals surface area contributed by atoms with Crippen LogP contribution >= 0.6 is 0 Å². The fraction of sp³-hybridized carbons (Fsp3) is 0.368. The third kappa shape index (κ3) is 3.07. The van der Waals surface area contributed by atoms with E-state index in [-0.39, 0.29) is 0 Å². The summed E-state index contributed by atoms with van der Waals surface area (Å²) in [7, 11) is 4.98. The Labute approximate surface area is 137 Å². The lowest BCUT2D eigenvalue weighted by atomic mass is 10.0. The molecule has 0 radical (unpaired) electrons. The molecule has 1 aliphatic rings. The summed E-state index contributed by atoms with van der Waals surface area (Å²) in [5.74, 6) is 2.24. The zero-order valence-corrected chi connectivity index (χ0v) is 14.0. The molecule has 0 aliphatic carbocycles. The van der Waals surface area contributed by atoms with Crippen LogP contribution < -0.4 is 19.1 Å². The number of hydrogen-bond acceptors (Lipinski definition) is 4. The van der Waals surface area contributed by atoms with Crippen LogP contribution in [-0.2, 0) is 13.0 Å². The minimum Gasteiger partial charge on any atom is -0.496 e. The second kappa shape index (κ2) is 6.82. The lowest BCUT2D eigenvalue weighted by molar-refractivity contribution is 0.347. The van der Waals surface area contributed by atoms with Gasteiger partial charge in [0.15, 0.2) is 11.5 Å². The molecule has 4 heteroatoms. The number of methoxy groups -OCH3 is 3. The van der Waals surface area contributed by atoms with Crippen LogP contribution in [0.4, 0.5) is 5.69 Å². The molecule has 0 amide bonds. The molecule has 0 saturated heterocycles. The molecule has 122 valence electrons. The van der Waals surface area contributed by atoms with Crippen molar-refractivity contribution in [3.63, 3.8) is 0 Å². The summed E-state index contributed by atoms with van der Waals surface area (Å²) in [6, 6.07) is 12.5. The van der Waals surface area contributed by atoms with E-state index in [1.165, 1.54) is 17.7 Å². The maximum absolute atomic E-state index is 5.55. The molecule has 0 unspecified atom stereocenters. The Kier molecular flexibility index (Phi) is 4.60. The first-order valence-corrected chi connectivity index (χ1v) is 7.88. The molecule has 2 aromatic carbocycles. The molecular weight excluding hydrogens is 290 g/mol. The minimum atomic E-state index is 0.687. The number of hydrogen-bond donors (Lipinski definition) is 0. The highest BCUT2D eigenvalue weighted by Gasteiger charge is 2.19. The molecule has 23 heavy (non-hydrogen) atoms. The Hall–Kier alpha value is -2.36. The molecule has 0 saturated carbocycles. The number of para-hydroxylation sites is 1. The zero-order chi connectivity index (χ0) is 16.2. The van der Waals surface area contributed by atoms with E-state index >= 15 is 0 Å². The third-order valence-electron chi connectivity index (χ3n) is 4.35. The van der Waals surface area contributed by atoms with E-state index < -0.39 is 0 Å². The van der Waals surface area contributed by atoms with Gasteiger partial charge in [0.1, 0.15) is 5.75 Å². The van der Waals surface area contributed by atoms with Crippen molar-refractivity contribution in [3.8, 4) is 17.2 Å². The summed E-state index contributed by atoms with van der Waals surface area (Å²) < 4.78 is 16.4. The van der Waals surface area contributed by atoms with Crippen molar-refractivity contribution in [2.24, 2.45) is 0 Å². The summed E-state index contributed by atoms with van der Waals surface area (Å²) in [4.78, 5) is 2.41. The smallest absolute Gasteiger partial charge is 0.164 e. The van der Waals surface area contributed by atoms with Crippen molar-refractivity contribution in [1.82, 2.24) is 0 Å². The number of ether oxygens (including phenoxy) is 3. The van der Waals surface area contributed by atoms with Crippen molar-refractivity contribution in [2.75, 3.05) is 32.8 Å². The molecule has 4 nitrogen and oxygen atoms in total. The summed E-state index contributed by atoms with van der Waals surface area (Å²) in [5, 5.41) is 0. The molecule has 0 aromatic heterocycles. The Balaban J connectivity index is 1.94. The molecule has 3 rings (SSSR count). The quantitative estimate of drug-likeness (QED) is 0.843. The molecule has 0 fully saturated rings. The minimum absolute atomic E-state index is 0.687. The number of fused-ring (bicyclic) bond motifs is 1. The van der Waals surface area contributed by atoms with Gasteiger partial charge in [0.2, 0.25) is 0 Å². The third-order valence-corrected chi connectivity index (χ3v) is 4.35. The van der Waals surface area contributed by atoms with Gasteiger partial charge in [0.05, 0.1) is 21.3 Å². The molecule has 0 atom stereocenters. The second-order valence-electron chi connectivity index (χ2n) is 5.67. The van der Waals surface area contributed by atoms with Gasteiger partial charge in [-0.15, -0.1) is 0 Å². The average molecular weight is 313 g/mol. The van der Waals surface area contributed by atoms with Crippen molar-refractivity contribution in [2.45, 2.75) is 19.4 Å². The first kappa shape index (κ1) is 15.5. The van der Waals surface area contributed by atoms with Gasteiger partial charge in [-0.05, 0) is 30.5 Å². The lowest BCUT2D eigenvalue weighted by Crippen LogP contribution is -2.28. The van der Waals surface area contributed by atoms with Gasteiger partial charge in [-0.25, -0.2) is 0 Å². The molecule has 0 bridgehead atoms. The Morgan fingerprint density at radius 3 is 2.35 bits per heavy atom. The Bertz CT molecular complexity index is 684. The highest BCUT2D eigenvalue weighted by atomic mass is 16.5.